The number of hydrogen-bond acceptors (Lipinski definition) is 4. The molecule has 0 saturated carbocycles. The van der Waals surface area contributed by atoms with E-state index in [2.05, 4.69) is 16.9 Å². The molecule has 1 aliphatic rings. The Bertz CT molecular complexity index is 300. The van der Waals surface area contributed by atoms with E-state index in [9.17, 15) is 0 Å². The number of likely N-dealkylation sites (tertiary alicyclic amines) is 1. The third kappa shape index (κ3) is 2.07. The van der Waals surface area contributed by atoms with Gasteiger partial charge in [0.25, 0.3) is 0 Å². The van der Waals surface area contributed by atoms with Gasteiger partial charge in [-0.25, -0.2) is 4.98 Å². The number of piperidine rings is 1. The van der Waals surface area contributed by atoms with Crippen molar-refractivity contribution in [3.63, 3.8) is 0 Å². The minimum Gasteiger partial charge on any atom is -0.480 e. The summed E-state index contributed by atoms with van der Waals surface area (Å²) in [7, 11) is 3.85. The molecule has 2 rings (SSSR count). The van der Waals surface area contributed by atoms with Gasteiger partial charge in [-0.3, -0.25) is 0 Å². The standard InChI is InChI=1S/C10H16N2OS/c1-12-5-3-4-8(6-12)10-11-9(13-2)7-14-10/h7-8H,3-6H2,1-2H3. The number of aromatic nitrogens is 1. The molecule has 78 valence electrons. The van der Waals surface area contributed by atoms with Crippen molar-refractivity contribution >= 4 is 11.3 Å². The van der Waals surface area contributed by atoms with Crippen LogP contribution < -0.4 is 4.74 Å². The fourth-order valence-electron chi connectivity index (χ4n) is 1.92. The normalized spacial score (nSPS) is 23.7. The molecule has 1 atom stereocenters. The van der Waals surface area contributed by atoms with Gasteiger partial charge in [-0.05, 0) is 26.4 Å². The first kappa shape index (κ1) is 9.93. The van der Waals surface area contributed by atoms with Gasteiger partial charge in [-0.1, -0.05) is 0 Å². The molecule has 1 unspecified atom stereocenters. The maximum atomic E-state index is 5.10. The minimum atomic E-state index is 0.614. The van der Waals surface area contributed by atoms with Crippen LogP contribution in [0.15, 0.2) is 5.38 Å². The molecule has 0 amide bonds. The molecule has 3 nitrogen and oxygen atoms in total. The van der Waals surface area contributed by atoms with Gasteiger partial charge in [0.05, 0.1) is 12.5 Å². The first-order valence-corrected chi connectivity index (χ1v) is 5.85. The van der Waals surface area contributed by atoms with Gasteiger partial charge in [0.1, 0.15) is 5.01 Å². The van der Waals surface area contributed by atoms with E-state index in [1.54, 1.807) is 18.4 Å². The van der Waals surface area contributed by atoms with E-state index in [0.717, 1.165) is 12.4 Å². The molecular formula is C10H16N2OS. The zero-order valence-electron chi connectivity index (χ0n) is 8.69. The molecule has 4 heteroatoms. The monoisotopic (exact) mass is 212 g/mol. The molecule has 0 aliphatic carbocycles. The third-order valence-electron chi connectivity index (χ3n) is 2.68. The highest BCUT2D eigenvalue weighted by atomic mass is 32.1. The van der Waals surface area contributed by atoms with E-state index in [-0.39, 0.29) is 0 Å². The number of nitrogens with zero attached hydrogens (tertiary/aromatic N) is 2. The number of thiazole rings is 1. The molecule has 0 bridgehead atoms. The van der Waals surface area contributed by atoms with Crippen LogP contribution in [-0.2, 0) is 0 Å². The van der Waals surface area contributed by atoms with Gasteiger partial charge < -0.3 is 9.64 Å². The van der Waals surface area contributed by atoms with Crippen molar-refractivity contribution < 1.29 is 4.74 Å². The summed E-state index contributed by atoms with van der Waals surface area (Å²) >= 11 is 1.72. The zero-order chi connectivity index (χ0) is 9.97. The Labute approximate surface area is 88.7 Å². The lowest BCUT2D eigenvalue weighted by Gasteiger charge is -2.28. The molecule has 1 aromatic rings. The predicted molar refractivity (Wildman–Crippen MR) is 58.1 cm³/mol. The van der Waals surface area contributed by atoms with Crippen molar-refractivity contribution in [3.8, 4) is 5.88 Å². The van der Waals surface area contributed by atoms with Gasteiger partial charge in [-0.2, -0.15) is 0 Å². The van der Waals surface area contributed by atoms with Crippen LogP contribution >= 0.6 is 11.3 Å². The summed E-state index contributed by atoms with van der Waals surface area (Å²) in [5, 5.41) is 3.22. The van der Waals surface area contributed by atoms with E-state index in [1.807, 2.05) is 5.38 Å². The van der Waals surface area contributed by atoms with Crippen molar-refractivity contribution in [2.45, 2.75) is 18.8 Å². The van der Waals surface area contributed by atoms with Gasteiger partial charge in [0, 0.05) is 12.5 Å². The lowest BCUT2D eigenvalue weighted by atomic mass is 9.99. The number of rotatable bonds is 2. The molecule has 14 heavy (non-hydrogen) atoms. The topological polar surface area (TPSA) is 25.4 Å². The van der Waals surface area contributed by atoms with Crippen molar-refractivity contribution in [1.29, 1.82) is 0 Å². The van der Waals surface area contributed by atoms with Crippen molar-refractivity contribution in [2.75, 3.05) is 27.2 Å². The van der Waals surface area contributed by atoms with Crippen molar-refractivity contribution in [2.24, 2.45) is 0 Å². The lowest BCUT2D eigenvalue weighted by Crippen LogP contribution is -2.30. The smallest absolute Gasteiger partial charge is 0.224 e. The van der Waals surface area contributed by atoms with Crippen LogP contribution in [0, 0.1) is 0 Å². The molecule has 2 heterocycles. The average Bonchev–Trinajstić information content (AvgIpc) is 2.66. The summed E-state index contributed by atoms with van der Waals surface area (Å²) in [6.45, 7) is 2.36. The first-order chi connectivity index (χ1) is 6.79. The molecular weight excluding hydrogens is 196 g/mol. The Balaban J connectivity index is 2.06. The van der Waals surface area contributed by atoms with Crippen LogP contribution in [0.3, 0.4) is 0 Å². The van der Waals surface area contributed by atoms with Gasteiger partial charge in [0.15, 0.2) is 0 Å². The van der Waals surface area contributed by atoms with E-state index >= 15 is 0 Å². The highest BCUT2D eigenvalue weighted by Gasteiger charge is 2.21. The Morgan fingerprint density at radius 1 is 1.64 bits per heavy atom. The third-order valence-corrected chi connectivity index (χ3v) is 3.67. The Hall–Kier alpha value is -0.610. The zero-order valence-corrected chi connectivity index (χ0v) is 9.51. The highest BCUT2D eigenvalue weighted by molar-refractivity contribution is 7.09. The largest absolute Gasteiger partial charge is 0.480 e. The summed E-state index contributed by atoms with van der Waals surface area (Å²) in [6, 6.07) is 0. The number of hydrogen-bond donors (Lipinski definition) is 0. The second kappa shape index (κ2) is 4.28. The summed E-state index contributed by atoms with van der Waals surface area (Å²) < 4.78 is 5.10. The van der Waals surface area contributed by atoms with E-state index in [0.29, 0.717) is 5.92 Å². The Kier molecular flexibility index (Phi) is 3.03. The van der Waals surface area contributed by atoms with Crippen LogP contribution in [-0.4, -0.2) is 37.1 Å². The lowest BCUT2D eigenvalue weighted by molar-refractivity contribution is 0.250. The second-order valence-corrected chi connectivity index (χ2v) is 4.72. The number of likely N-dealkylation sites (N-methyl/N-ethyl adjacent to an activating group) is 1. The Morgan fingerprint density at radius 3 is 3.14 bits per heavy atom. The minimum absolute atomic E-state index is 0.614. The van der Waals surface area contributed by atoms with Gasteiger partial charge >= 0.3 is 0 Å². The molecule has 0 radical (unpaired) electrons. The van der Waals surface area contributed by atoms with E-state index in [4.69, 9.17) is 4.74 Å². The Morgan fingerprint density at radius 2 is 2.50 bits per heavy atom. The summed E-state index contributed by atoms with van der Waals surface area (Å²) in [5.41, 5.74) is 0. The molecule has 1 aromatic heterocycles. The van der Waals surface area contributed by atoms with E-state index < -0.39 is 0 Å². The number of ether oxygens (including phenoxy) is 1. The fourth-order valence-corrected chi connectivity index (χ4v) is 2.82. The maximum absolute atomic E-state index is 5.10. The van der Waals surface area contributed by atoms with Crippen LogP contribution in [0.2, 0.25) is 0 Å². The molecule has 0 N–H and O–H groups in total. The number of methoxy groups -OCH3 is 1. The summed E-state index contributed by atoms with van der Waals surface area (Å²) in [5.74, 6) is 1.38. The van der Waals surface area contributed by atoms with Crippen molar-refractivity contribution in [3.05, 3.63) is 10.4 Å². The molecule has 1 saturated heterocycles. The maximum Gasteiger partial charge on any atom is 0.224 e. The van der Waals surface area contributed by atoms with Crippen molar-refractivity contribution in [1.82, 2.24) is 9.88 Å². The van der Waals surface area contributed by atoms with Crippen LogP contribution in [0.4, 0.5) is 0 Å². The van der Waals surface area contributed by atoms with Crippen LogP contribution in [0.25, 0.3) is 0 Å². The van der Waals surface area contributed by atoms with E-state index in [1.165, 1.54) is 24.4 Å². The second-order valence-electron chi connectivity index (χ2n) is 3.83. The molecule has 0 aromatic carbocycles. The predicted octanol–water partition coefficient (Wildman–Crippen LogP) is 1.96. The molecule has 1 fully saturated rings. The van der Waals surface area contributed by atoms with Gasteiger partial charge in [-0.15, -0.1) is 11.3 Å². The van der Waals surface area contributed by atoms with Crippen LogP contribution in [0.5, 0.6) is 5.88 Å². The molecule has 0 spiro atoms. The first-order valence-electron chi connectivity index (χ1n) is 4.97. The van der Waals surface area contributed by atoms with Gasteiger partial charge in [0.2, 0.25) is 5.88 Å². The highest BCUT2D eigenvalue weighted by Crippen LogP contribution is 2.30. The average molecular weight is 212 g/mol. The SMILES string of the molecule is COc1csc(C2CCCN(C)C2)n1. The fraction of sp³-hybridized carbons (Fsp3) is 0.700. The van der Waals surface area contributed by atoms with Crippen LogP contribution in [0.1, 0.15) is 23.8 Å². The quantitative estimate of drug-likeness (QED) is 0.749. The molecule has 1 aliphatic heterocycles. The summed E-state index contributed by atoms with van der Waals surface area (Å²) in [6.07, 6.45) is 2.55. The summed E-state index contributed by atoms with van der Waals surface area (Å²) in [4.78, 5) is 6.83.